The first-order valence-electron chi connectivity index (χ1n) is 22.3. The van der Waals surface area contributed by atoms with Crippen LogP contribution in [0.1, 0.15) is 151 Å². The van der Waals surface area contributed by atoms with Crippen LogP contribution in [-0.2, 0) is 19.1 Å². The minimum atomic E-state index is -0.838. The van der Waals surface area contributed by atoms with E-state index in [0.29, 0.717) is 37.8 Å². The topological polar surface area (TPSA) is 171 Å². The lowest BCUT2D eigenvalue weighted by molar-refractivity contribution is -0.238. The molecule has 58 heavy (non-hydrogen) atoms. The number of hydrogen-bond donors (Lipinski definition) is 5. The molecule has 1 aromatic heterocycles. The number of carboxylic acids is 1. The smallest absolute Gasteiger partial charge is 0.309 e. The Morgan fingerprint density at radius 2 is 1.64 bits per heavy atom. The Morgan fingerprint density at radius 1 is 0.931 bits per heavy atom. The molecule has 1 amide bonds. The largest absolute Gasteiger partial charge is 0.481 e. The van der Waals surface area contributed by atoms with Gasteiger partial charge in [-0.3, -0.25) is 19.2 Å². The van der Waals surface area contributed by atoms with E-state index in [1.54, 1.807) is 12.4 Å². The maximum atomic E-state index is 14.2. The quantitative estimate of drug-likeness (QED) is 0.142. The van der Waals surface area contributed by atoms with Gasteiger partial charge in [-0.05, 0) is 123 Å². The Kier molecular flexibility index (Phi) is 10.6. The van der Waals surface area contributed by atoms with Gasteiger partial charge >= 0.3 is 11.9 Å². The van der Waals surface area contributed by atoms with Crippen LogP contribution in [0.5, 0.6) is 0 Å². The van der Waals surface area contributed by atoms with Crippen LogP contribution >= 0.6 is 0 Å². The molecule has 5 fully saturated rings. The molecule has 11 atom stereocenters. The molecule has 0 saturated heterocycles. The Bertz CT molecular complexity index is 1850. The van der Waals surface area contributed by atoms with E-state index in [-0.39, 0.29) is 63.1 Å². The Morgan fingerprint density at radius 3 is 2.26 bits per heavy atom. The van der Waals surface area contributed by atoms with E-state index < -0.39 is 40.3 Å². The highest BCUT2D eigenvalue weighted by Crippen LogP contribution is 2.77. The van der Waals surface area contributed by atoms with Crippen molar-refractivity contribution in [1.82, 2.24) is 20.6 Å². The van der Waals surface area contributed by atoms with Gasteiger partial charge in [0.1, 0.15) is 6.10 Å². The lowest BCUT2D eigenvalue weighted by Gasteiger charge is -2.72. The normalized spacial score (nSPS) is 39.4. The molecule has 0 unspecified atom stereocenters. The molecule has 6 aliphatic carbocycles. The van der Waals surface area contributed by atoms with Crippen molar-refractivity contribution < 1.29 is 34.1 Å². The zero-order valence-electron chi connectivity index (χ0n) is 37.1. The summed E-state index contributed by atoms with van der Waals surface area (Å²) < 4.78 is 6.42. The van der Waals surface area contributed by atoms with Crippen molar-refractivity contribution in [2.45, 2.75) is 158 Å². The number of aliphatic carboxylic acids is 1. The van der Waals surface area contributed by atoms with Gasteiger partial charge in [0.15, 0.2) is 11.6 Å². The van der Waals surface area contributed by atoms with Crippen LogP contribution in [0.4, 0.5) is 0 Å². The number of esters is 1. The molecule has 7 rings (SSSR count). The minimum absolute atomic E-state index is 0.0227. The van der Waals surface area contributed by atoms with Gasteiger partial charge in [-0.1, -0.05) is 67.9 Å². The van der Waals surface area contributed by atoms with Crippen LogP contribution < -0.4 is 10.6 Å². The van der Waals surface area contributed by atoms with Crippen molar-refractivity contribution in [1.29, 1.82) is 0 Å². The van der Waals surface area contributed by atoms with Gasteiger partial charge in [-0.15, -0.1) is 0 Å². The second-order valence-electron chi connectivity index (χ2n) is 22.6. The minimum Gasteiger partial charge on any atom is -0.481 e. The van der Waals surface area contributed by atoms with Gasteiger partial charge in [0.25, 0.3) is 5.91 Å². The summed E-state index contributed by atoms with van der Waals surface area (Å²) in [5.74, 6) is -0.708. The van der Waals surface area contributed by atoms with Crippen molar-refractivity contribution in [2.24, 2.45) is 68.0 Å². The first kappa shape index (κ1) is 43.1. The number of Topliss-reactive ketones (excluding diaryl/α,β-unsaturated/α-hetero) is 1. The first-order chi connectivity index (χ1) is 26.9. The van der Waals surface area contributed by atoms with Crippen LogP contribution in [-0.4, -0.2) is 74.6 Å². The molecule has 0 aromatic carbocycles. The summed E-state index contributed by atoms with van der Waals surface area (Å²) in [6, 6.07) is 0. The number of allylic oxidation sites excluding steroid dienone is 1. The Balaban J connectivity index is 1.10. The van der Waals surface area contributed by atoms with Crippen LogP contribution in [0.3, 0.4) is 0 Å². The molecule has 1 heterocycles. The number of fused-ring (bicyclic) bond motifs is 7. The van der Waals surface area contributed by atoms with Crippen molar-refractivity contribution in [3.8, 4) is 0 Å². The van der Waals surface area contributed by atoms with E-state index in [9.17, 15) is 29.4 Å². The van der Waals surface area contributed by atoms with Crippen LogP contribution in [0.15, 0.2) is 23.5 Å². The van der Waals surface area contributed by atoms with Gasteiger partial charge < -0.3 is 30.6 Å². The van der Waals surface area contributed by atoms with Gasteiger partial charge in [-0.2, -0.15) is 0 Å². The summed E-state index contributed by atoms with van der Waals surface area (Å²) in [4.78, 5) is 59.3. The van der Waals surface area contributed by atoms with Crippen molar-refractivity contribution in [3.05, 3.63) is 29.4 Å². The SMILES string of the molecule is CC(C)C1=C2[C@H]3CC[C@@H]4[C@@]5(C)CC[C@H](OC(=O)[C@H]6C[C@@H](C(=O)O)C6(C)C)C(C)(C)[C@@H]5CC[C@@]4(C)[C@]3(C)CC[C@@]2([C@@H](O)CNCC(C)(C)NC(=O)c2ncc[nH]2)CC1=O. The summed E-state index contributed by atoms with van der Waals surface area (Å²) in [5, 5.41) is 28.5. The van der Waals surface area contributed by atoms with E-state index in [0.717, 1.165) is 56.9 Å². The van der Waals surface area contributed by atoms with Gasteiger partial charge in [0.2, 0.25) is 0 Å². The molecular formula is C47H72N4O7. The molecule has 0 spiro atoms. The maximum absolute atomic E-state index is 14.2. The number of H-pyrrole nitrogens is 1. The third kappa shape index (κ3) is 6.36. The average Bonchev–Trinajstić information content (AvgIpc) is 3.76. The van der Waals surface area contributed by atoms with E-state index in [4.69, 9.17) is 4.74 Å². The standard InChI is InChI=1S/C47H72N4O7/c1-26(2)35-30(52)23-47(33(53)24-48-25-41(3,4)51-38(54)37-49-20-21-50-37)19-18-45(10)27(36(35)47)12-13-32-44(9)16-15-34(43(7,8)31(44)14-17-46(32,45)11)58-40(57)29-22-28(39(55)56)42(29,5)6/h20-21,26-29,31-34,48,53H,12-19,22-25H2,1-11H3,(H,49,50)(H,51,54)(H,55,56)/t27-,28+,29-,31+,32-,33+,34+,44+,45-,46-,47+/m1/s1. The van der Waals surface area contributed by atoms with Crippen LogP contribution in [0, 0.1) is 68.0 Å². The lowest BCUT2D eigenvalue weighted by Crippen LogP contribution is -2.66. The number of carbonyl (C=O) groups is 4. The number of nitrogens with zero attached hydrogens (tertiary/aromatic N) is 1. The number of hydrogen-bond acceptors (Lipinski definition) is 8. The second-order valence-corrected chi connectivity index (χ2v) is 22.6. The number of aliphatic hydroxyl groups excluding tert-OH is 1. The lowest BCUT2D eigenvalue weighted by atomic mass is 9.33. The third-order valence-corrected chi connectivity index (χ3v) is 18.2. The summed E-state index contributed by atoms with van der Waals surface area (Å²) in [5.41, 5.74) is 0.157. The fourth-order valence-electron chi connectivity index (χ4n) is 14.8. The average molecular weight is 805 g/mol. The van der Waals surface area contributed by atoms with E-state index >= 15 is 0 Å². The monoisotopic (exact) mass is 805 g/mol. The molecule has 6 aliphatic rings. The molecule has 0 bridgehead atoms. The van der Waals surface area contributed by atoms with Gasteiger partial charge in [0, 0.05) is 48.3 Å². The fraction of sp³-hybridized carbons (Fsp3) is 0.809. The number of ketones is 1. The molecule has 1 aromatic rings. The van der Waals surface area contributed by atoms with Crippen LogP contribution in [0.25, 0.3) is 0 Å². The first-order valence-corrected chi connectivity index (χ1v) is 22.3. The van der Waals surface area contributed by atoms with Gasteiger partial charge in [0.05, 0.1) is 17.9 Å². The van der Waals surface area contributed by atoms with Crippen molar-refractivity contribution >= 4 is 23.6 Å². The predicted octanol–water partition coefficient (Wildman–Crippen LogP) is 7.51. The molecular weight excluding hydrogens is 733 g/mol. The number of aliphatic hydroxyl groups is 1. The maximum Gasteiger partial charge on any atom is 0.309 e. The number of rotatable bonds is 11. The zero-order chi connectivity index (χ0) is 42.6. The number of ether oxygens (including phenoxy) is 1. The number of nitrogens with one attached hydrogen (secondary N) is 3. The summed E-state index contributed by atoms with van der Waals surface area (Å²) >= 11 is 0. The summed E-state index contributed by atoms with van der Waals surface area (Å²) in [6.45, 7) is 24.9. The molecule has 0 aliphatic heterocycles. The van der Waals surface area contributed by atoms with Crippen molar-refractivity contribution in [3.63, 3.8) is 0 Å². The molecule has 5 saturated carbocycles. The summed E-state index contributed by atoms with van der Waals surface area (Å²) in [6.07, 6.45) is 10.6. The molecule has 0 radical (unpaired) electrons. The predicted molar refractivity (Wildman–Crippen MR) is 221 cm³/mol. The number of aromatic nitrogens is 2. The fourth-order valence-corrected chi connectivity index (χ4v) is 14.8. The van der Waals surface area contributed by atoms with E-state index in [1.807, 2.05) is 27.7 Å². The van der Waals surface area contributed by atoms with E-state index in [1.165, 1.54) is 5.57 Å². The zero-order valence-corrected chi connectivity index (χ0v) is 37.1. The number of aromatic amines is 1. The highest BCUT2D eigenvalue weighted by Gasteiger charge is 2.71. The third-order valence-electron chi connectivity index (χ3n) is 18.2. The van der Waals surface area contributed by atoms with E-state index in [2.05, 4.69) is 69.1 Å². The highest BCUT2D eigenvalue weighted by molar-refractivity contribution is 6.00. The van der Waals surface area contributed by atoms with Crippen LogP contribution in [0.2, 0.25) is 0 Å². The highest BCUT2D eigenvalue weighted by atomic mass is 16.5. The summed E-state index contributed by atoms with van der Waals surface area (Å²) in [7, 11) is 0. The Labute approximate surface area is 346 Å². The number of carboxylic acid groups (broad SMARTS) is 1. The second kappa shape index (κ2) is 14.3. The molecule has 5 N–H and O–H groups in total. The van der Waals surface area contributed by atoms with Crippen molar-refractivity contribution in [2.75, 3.05) is 13.1 Å². The number of carbonyl (C=O) groups excluding carboxylic acids is 3. The van der Waals surface area contributed by atoms with Gasteiger partial charge in [-0.25, -0.2) is 4.98 Å². The molecule has 11 heteroatoms. The molecule has 322 valence electrons. The number of imidazole rings is 1. The molecule has 11 nitrogen and oxygen atoms in total. The number of amides is 1. The Hall–Kier alpha value is -3.05.